The first kappa shape index (κ1) is 16.5. The van der Waals surface area contributed by atoms with Gasteiger partial charge in [-0.3, -0.25) is 9.48 Å². The van der Waals surface area contributed by atoms with Crippen LogP contribution in [0.4, 0.5) is 14.5 Å². The van der Waals surface area contributed by atoms with Gasteiger partial charge in [0, 0.05) is 16.9 Å². The highest BCUT2D eigenvalue weighted by molar-refractivity contribution is 9.10. The molecule has 1 aromatic heterocycles. The number of alkyl halides is 3. The summed E-state index contributed by atoms with van der Waals surface area (Å²) >= 11 is 3.96. The summed E-state index contributed by atoms with van der Waals surface area (Å²) in [5.74, 6) is 1.46. The zero-order valence-corrected chi connectivity index (χ0v) is 15.1. The largest absolute Gasteiger partial charge is 0.323 e. The Morgan fingerprint density at radius 1 is 1.38 bits per heavy atom. The van der Waals surface area contributed by atoms with Crippen molar-refractivity contribution in [3.05, 3.63) is 12.4 Å². The second-order valence-corrected chi connectivity index (χ2v) is 9.86. The van der Waals surface area contributed by atoms with Crippen molar-refractivity contribution in [2.45, 2.75) is 62.2 Å². The molecule has 0 spiro atoms. The van der Waals surface area contributed by atoms with E-state index in [1.54, 1.807) is 0 Å². The Morgan fingerprint density at radius 2 is 2.08 bits per heavy atom. The van der Waals surface area contributed by atoms with Crippen LogP contribution in [0.1, 0.15) is 44.9 Å². The lowest BCUT2D eigenvalue weighted by molar-refractivity contribution is -0.123. The maximum atomic E-state index is 12.5. The lowest BCUT2D eigenvalue weighted by Gasteiger charge is -2.60. The SMILES string of the molecule is O=C(CC12CC3CC(CC(Br)(C3)C1)C2)Nc1cnn(CC(F)F)c1. The van der Waals surface area contributed by atoms with Crippen LogP contribution < -0.4 is 5.32 Å². The third-order valence-electron chi connectivity index (χ3n) is 5.89. The molecule has 0 saturated heterocycles. The molecule has 132 valence electrons. The number of hydrogen-bond donors (Lipinski definition) is 1. The zero-order chi connectivity index (χ0) is 16.9. The molecule has 4 bridgehead atoms. The van der Waals surface area contributed by atoms with Gasteiger partial charge in [-0.1, -0.05) is 15.9 Å². The molecule has 4 aliphatic rings. The number of nitrogens with zero attached hydrogens (tertiary/aromatic N) is 2. The monoisotopic (exact) mass is 401 g/mol. The van der Waals surface area contributed by atoms with Gasteiger partial charge in [0.2, 0.25) is 5.91 Å². The molecular formula is C17H22BrF2N3O. The fourth-order valence-corrected chi connectivity index (χ4v) is 7.27. The van der Waals surface area contributed by atoms with Crippen molar-refractivity contribution in [2.75, 3.05) is 5.32 Å². The van der Waals surface area contributed by atoms with Crippen LogP contribution in [0.25, 0.3) is 0 Å². The fourth-order valence-electron chi connectivity index (χ4n) is 5.76. The number of nitrogens with one attached hydrogen (secondary N) is 1. The minimum atomic E-state index is -2.45. The Kier molecular flexibility index (Phi) is 3.97. The first-order valence-corrected chi connectivity index (χ1v) is 9.42. The average Bonchev–Trinajstić information content (AvgIpc) is 2.80. The number of anilines is 1. The van der Waals surface area contributed by atoms with Crippen LogP contribution in [0.2, 0.25) is 0 Å². The maximum Gasteiger partial charge on any atom is 0.257 e. The van der Waals surface area contributed by atoms with Crippen LogP contribution in [-0.4, -0.2) is 26.4 Å². The van der Waals surface area contributed by atoms with E-state index in [1.807, 2.05) is 0 Å². The van der Waals surface area contributed by atoms with Crippen molar-refractivity contribution in [3.8, 4) is 0 Å². The lowest BCUT2D eigenvalue weighted by atomic mass is 9.48. The molecule has 0 aromatic carbocycles. The summed E-state index contributed by atoms with van der Waals surface area (Å²) in [6, 6.07) is 0. The minimum absolute atomic E-state index is 0.0235. The molecule has 4 nitrogen and oxygen atoms in total. The number of carbonyl (C=O) groups is 1. The van der Waals surface area contributed by atoms with E-state index >= 15 is 0 Å². The van der Waals surface area contributed by atoms with Gasteiger partial charge in [-0.05, 0) is 55.8 Å². The predicted octanol–water partition coefficient (Wildman–Crippen LogP) is 4.21. The van der Waals surface area contributed by atoms with Crippen molar-refractivity contribution in [1.29, 1.82) is 0 Å². The number of rotatable bonds is 5. The highest BCUT2D eigenvalue weighted by atomic mass is 79.9. The standard InChI is InChI=1S/C17H22BrF2N3O/c18-17-4-11-1-12(5-17)3-16(2-11,10-17)6-15(24)22-13-7-21-23(8-13)9-14(19)20/h7-8,11-12,14H,1-6,9-10H2,(H,22,24). The summed E-state index contributed by atoms with van der Waals surface area (Å²) in [6.07, 6.45) is 8.15. The van der Waals surface area contributed by atoms with Gasteiger partial charge in [-0.25, -0.2) is 8.78 Å². The summed E-state index contributed by atoms with van der Waals surface area (Å²) in [6.45, 7) is -0.449. The van der Waals surface area contributed by atoms with Crippen LogP contribution in [0, 0.1) is 17.3 Å². The van der Waals surface area contributed by atoms with E-state index in [-0.39, 0.29) is 15.6 Å². The highest BCUT2D eigenvalue weighted by Crippen LogP contribution is 2.65. The van der Waals surface area contributed by atoms with Crippen molar-refractivity contribution in [3.63, 3.8) is 0 Å². The van der Waals surface area contributed by atoms with Crippen LogP contribution in [0.3, 0.4) is 0 Å². The maximum absolute atomic E-state index is 12.5. The Balaban J connectivity index is 1.40. The summed E-state index contributed by atoms with van der Waals surface area (Å²) in [4.78, 5) is 12.5. The first-order chi connectivity index (χ1) is 11.3. The van der Waals surface area contributed by atoms with E-state index < -0.39 is 13.0 Å². The molecule has 1 heterocycles. The Labute approximate surface area is 148 Å². The van der Waals surface area contributed by atoms with E-state index in [0.29, 0.717) is 12.1 Å². The summed E-state index contributed by atoms with van der Waals surface area (Å²) in [7, 11) is 0. The molecule has 1 N–H and O–H groups in total. The van der Waals surface area contributed by atoms with Crippen molar-refractivity contribution in [1.82, 2.24) is 9.78 Å². The zero-order valence-electron chi connectivity index (χ0n) is 13.5. The molecule has 4 fully saturated rings. The molecule has 1 aromatic rings. The van der Waals surface area contributed by atoms with Gasteiger partial charge >= 0.3 is 0 Å². The summed E-state index contributed by atoms with van der Waals surface area (Å²) < 4.78 is 26.1. The third-order valence-corrected chi connectivity index (χ3v) is 6.82. The Hall–Kier alpha value is -0.980. The van der Waals surface area contributed by atoms with Gasteiger partial charge in [-0.15, -0.1) is 0 Å². The second-order valence-electron chi connectivity index (χ2n) is 8.18. The molecule has 4 saturated carbocycles. The Bertz CT molecular complexity index is 634. The fraction of sp³-hybridized carbons (Fsp3) is 0.765. The molecule has 24 heavy (non-hydrogen) atoms. The van der Waals surface area contributed by atoms with E-state index in [0.717, 1.165) is 31.1 Å². The van der Waals surface area contributed by atoms with Gasteiger partial charge in [0.25, 0.3) is 6.43 Å². The lowest BCUT2D eigenvalue weighted by Crippen LogP contribution is -2.53. The molecule has 0 radical (unpaired) electrons. The summed E-state index contributed by atoms with van der Waals surface area (Å²) in [5.41, 5.74) is 0.607. The molecule has 4 aliphatic carbocycles. The molecule has 5 rings (SSSR count). The molecule has 1 amide bonds. The molecule has 7 heteroatoms. The van der Waals surface area contributed by atoms with E-state index in [1.165, 1.54) is 36.3 Å². The van der Waals surface area contributed by atoms with E-state index in [4.69, 9.17) is 0 Å². The van der Waals surface area contributed by atoms with Crippen LogP contribution in [-0.2, 0) is 11.3 Å². The van der Waals surface area contributed by atoms with Crippen LogP contribution in [0.5, 0.6) is 0 Å². The topological polar surface area (TPSA) is 46.9 Å². The first-order valence-electron chi connectivity index (χ1n) is 8.63. The van der Waals surface area contributed by atoms with Crippen molar-refractivity contribution < 1.29 is 13.6 Å². The van der Waals surface area contributed by atoms with Crippen molar-refractivity contribution >= 4 is 27.5 Å². The van der Waals surface area contributed by atoms with Gasteiger partial charge in [-0.2, -0.15) is 5.10 Å². The minimum Gasteiger partial charge on any atom is -0.323 e. The predicted molar refractivity (Wildman–Crippen MR) is 90.3 cm³/mol. The van der Waals surface area contributed by atoms with Gasteiger partial charge < -0.3 is 5.32 Å². The normalized spacial score (nSPS) is 37.2. The molecule has 2 unspecified atom stereocenters. The van der Waals surface area contributed by atoms with Crippen LogP contribution >= 0.6 is 15.9 Å². The van der Waals surface area contributed by atoms with E-state index in [2.05, 4.69) is 26.3 Å². The average molecular weight is 402 g/mol. The van der Waals surface area contributed by atoms with Gasteiger partial charge in [0.1, 0.15) is 6.54 Å². The van der Waals surface area contributed by atoms with E-state index in [9.17, 15) is 13.6 Å². The second kappa shape index (κ2) is 5.78. The quantitative estimate of drug-likeness (QED) is 0.751. The number of carbonyl (C=O) groups excluding carboxylic acids is 1. The number of hydrogen-bond acceptors (Lipinski definition) is 2. The highest BCUT2D eigenvalue weighted by Gasteiger charge is 2.57. The molecule has 0 aliphatic heterocycles. The molecule has 2 atom stereocenters. The third kappa shape index (κ3) is 3.24. The number of halogens is 3. The van der Waals surface area contributed by atoms with Gasteiger partial charge in [0.15, 0.2) is 0 Å². The Morgan fingerprint density at radius 3 is 2.71 bits per heavy atom. The number of amides is 1. The van der Waals surface area contributed by atoms with Crippen LogP contribution in [0.15, 0.2) is 12.4 Å². The van der Waals surface area contributed by atoms with Gasteiger partial charge in [0.05, 0.1) is 11.9 Å². The van der Waals surface area contributed by atoms with Crippen molar-refractivity contribution in [2.24, 2.45) is 17.3 Å². The molecular weight excluding hydrogens is 380 g/mol. The smallest absolute Gasteiger partial charge is 0.257 e. The number of aromatic nitrogens is 2. The summed E-state index contributed by atoms with van der Waals surface area (Å²) in [5, 5.41) is 6.70.